The standard InChI is InChI=1S/C46H76O16/c1-23(2)9-8-15-46(56,22-48)26-12-16-43(6)25(26)10-11-30-44(43,7)17-13-29-42(4,5)31(14-18-45(29,30)21-47)60-41-38(62-40-36(55)34(53)32(51)24(3)59-40)37(28(50)20-58-41)61-39-35(54)33(52)27(49)19-57-39/h9,21,24-41,48-56H,8,10-20,22H2,1-7H3/t24-,25+,26-,27-,28-,29+,30-,31+,32-,33+,34-,35-,36-,37+,38+,39-,40+,41-,43-,44-,45+,46-/m0/s1. The zero-order chi connectivity index (χ0) is 45.3. The van der Waals surface area contributed by atoms with Gasteiger partial charge in [-0.3, -0.25) is 0 Å². The zero-order valence-electron chi connectivity index (χ0n) is 37.6. The van der Waals surface area contributed by atoms with E-state index in [1.807, 2.05) is 13.8 Å². The second kappa shape index (κ2) is 18.1. The first-order valence-corrected chi connectivity index (χ1v) is 23.1. The van der Waals surface area contributed by atoms with Crippen molar-refractivity contribution in [3.05, 3.63) is 11.6 Å². The lowest BCUT2D eigenvalue weighted by Crippen LogP contribution is -2.67. The van der Waals surface area contributed by atoms with E-state index < -0.39 is 102 Å². The molecule has 7 aliphatic rings. The summed E-state index contributed by atoms with van der Waals surface area (Å²) >= 11 is 0. The van der Waals surface area contributed by atoms with E-state index in [0.29, 0.717) is 25.7 Å². The number of hydrogen-bond acceptors (Lipinski definition) is 16. The van der Waals surface area contributed by atoms with Crippen LogP contribution >= 0.6 is 0 Å². The maximum Gasteiger partial charge on any atom is 0.187 e. The largest absolute Gasteiger partial charge is 0.393 e. The molecule has 16 heteroatoms. The molecule has 3 aliphatic heterocycles. The number of hydrogen-bond donors (Lipinski definition) is 9. The van der Waals surface area contributed by atoms with Crippen LogP contribution in [0, 0.1) is 45.3 Å². The van der Waals surface area contributed by atoms with Gasteiger partial charge in [0.05, 0.1) is 37.6 Å². The smallest absolute Gasteiger partial charge is 0.187 e. The van der Waals surface area contributed by atoms with Gasteiger partial charge >= 0.3 is 0 Å². The molecule has 0 spiro atoms. The molecule has 7 fully saturated rings. The van der Waals surface area contributed by atoms with Crippen LogP contribution in [0.2, 0.25) is 0 Å². The number of fused-ring (bicyclic) bond motifs is 5. The molecule has 0 aromatic rings. The SMILES string of the molecule is CC(C)=CCC[C@](O)(CO)[C@H]1CC[C@@]2(C)[C@@H]1CC[C@@H]1[C@@]3(C=O)CC[C@@H](O[C@@H]4OC[C@H](O)[C@@H](O[C@@H]5OC[C@H](O)[C@@H](O)[C@@H]5O)[C@H]4O[C@H]4O[C@@H](C)[C@H](O)[C@H](O)[C@@H]4O)C(C)(C)[C@H]3CC[C@@]12C. The van der Waals surface area contributed by atoms with Crippen molar-refractivity contribution in [3.63, 3.8) is 0 Å². The summed E-state index contributed by atoms with van der Waals surface area (Å²) in [5.74, 6) is 0.169. The van der Waals surface area contributed by atoms with E-state index in [1.54, 1.807) is 0 Å². The Morgan fingerprint density at radius 3 is 2.03 bits per heavy atom. The van der Waals surface area contributed by atoms with Gasteiger partial charge in [0.25, 0.3) is 0 Å². The number of carbonyl (C=O) groups excluding carboxylic acids is 1. The number of carbonyl (C=O) groups is 1. The molecular weight excluding hydrogens is 808 g/mol. The van der Waals surface area contributed by atoms with E-state index in [9.17, 15) is 50.8 Å². The van der Waals surface area contributed by atoms with Crippen molar-refractivity contribution in [1.82, 2.24) is 0 Å². The maximum absolute atomic E-state index is 13.9. The van der Waals surface area contributed by atoms with Gasteiger partial charge in [-0.1, -0.05) is 39.3 Å². The van der Waals surface area contributed by atoms with Crippen LogP contribution in [0.15, 0.2) is 11.6 Å². The minimum atomic E-state index is -1.72. The van der Waals surface area contributed by atoms with Crippen molar-refractivity contribution in [1.29, 1.82) is 0 Å². The second-order valence-electron chi connectivity index (χ2n) is 21.5. The predicted octanol–water partition coefficient (Wildman–Crippen LogP) is 1.46. The first-order chi connectivity index (χ1) is 29.1. The number of rotatable bonds is 12. The highest BCUT2D eigenvalue weighted by Gasteiger charge is 2.71. The molecule has 356 valence electrons. The normalized spacial score (nSPS) is 51.3. The Balaban J connectivity index is 1.13. The summed E-state index contributed by atoms with van der Waals surface area (Å²) in [5, 5.41) is 97.3. The number of aliphatic hydroxyl groups excluding tert-OH is 8. The number of aliphatic hydroxyl groups is 9. The van der Waals surface area contributed by atoms with Crippen LogP contribution in [0.3, 0.4) is 0 Å². The Morgan fingerprint density at radius 1 is 0.710 bits per heavy atom. The lowest BCUT2D eigenvalue weighted by molar-refractivity contribution is -0.383. The maximum atomic E-state index is 13.9. The molecule has 4 aliphatic carbocycles. The van der Waals surface area contributed by atoms with Gasteiger partial charge in [0.2, 0.25) is 0 Å². The first-order valence-electron chi connectivity index (χ1n) is 23.1. The van der Waals surface area contributed by atoms with E-state index in [2.05, 4.69) is 33.8 Å². The van der Waals surface area contributed by atoms with Gasteiger partial charge < -0.3 is 79.2 Å². The summed E-state index contributed by atoms with van der Waals surface area (Å²) in [6, 6.07) is 0. The minimum Gasteiger partial charge on any atom is -0.393 e. The van der Waals surface area contributed by atoms with Gasteiger partial charge in [0.15, 0.2) is 18.9 Å². The molecule has 0 amide bonds. The molecule has 62 heavy (non-hydrogen) atoms. The third kappa shape index (κ3) is 8.10. The van der Waals surface area contributed by atoms with Crippen molar-refractivity contribution < 1.29 is 79.2 Å². The van der Waals surface area contributed by atoms with Gasteiger partial charge in [0, 0.05) is 5.41 Å². The summed E-state index contributed by atoms with van der Waals surface area (Å²) in [7, 11) is 0. The van der Waals surface area contributed by atoms with Crippen molar-refractivity contribution >= 4 is 6.29 Å². The van der Waals surface area contributed by atoms with Gasteiger partial charge in [-0.15, -0.1) is 0 Å². The van der Waals surface area contributed by atoms with Crippen molar-refractivity contribution in [2.24, 2.45) is 45.3 Å². The van der Waals surface area contributed by atoms with Crippen LogP contribution in [0.5, 0.6) is 0 Å². The van der Waals surface area contributed by atoms with Crippen LogP contribution in [0.1, 0.15) is 113 Å². The third-order valence-corrected chi connectivity index (χ3v) is 17.8. The van der Waals surface area contributed by atoms with Crippen molar-refractivity contribution in [2.75, 3.05) is 19.8 Å². The summed E-state index contributed by atoms with van der Waals surface area (Å²) < 4.78 is 36.7. The lowest BCUT2D eigenvalue weighted by Gasteiger charge is -2.69. The van der Waals surface area contributed by atoms with Crippen LogP contribution in [0.25, 0.3) is 0 Å². The molecule has 9 N–H and O–H groups in total. The minimum absolute atomic E-state index is 0.0374. The fourth-order valence-corrected chi connectivity index (χ4v) is 14.0. The molecule has 0 unspecified atom stereocenters. The van der Waals surface area contributed by atoms with Gasteiger partial charge in [0.1, 0.15) is 61.2 Å². The van der Waals surface area contributed by atoms with Crippen LogP contribution in [-0.4, -0.2) is 164 Å². The van der Waals surface area contributed by atoms with Crippen LogP contribution < -0.4 is 0 Å². The average molecular weight is 885 g/mol. The summed E-state index contributed by atoms with van der Waals surface area (Å²) in [5.41, 5.74) is -1.59. The highest BCUT2D eigenvalue weighted by Crippen LogP contribution is 2.75. The number of aldehydes is 1. The molecule has 16 nitrogen and oxygen atoms in total. The molecule has 4 saturated carbocycles. The monoisotopic (exact) mass is 885 g/mol. The average Bonchev–Trinajstić information content (AvgIpc) is 3.60. The molecule has 0 aromatic carbocycles. The van der Waals surface area contributed by atoms with Gasteiger partial charge in [-0.05, 0) is 125 Å². The Kier molecular flexibility index (Phi) is 14.3. The summed E-state index contributed by atoms with van der Waals surface area (Å²) in [6.07, 6.45) is -8.73. The quantitative estimate of drug-likeness (QED) is 0.0764. The Labute approximate surface area is 365 Å². The molecule has 3 heterocycles. The molecule has 0 bridgehead atoms. The molecule has 3 saturated heterocycles. The Bertz CT molecular complexity index is 1590. The van der Waals surface area contributed by atoms with Gasteiger partial charge in [-0.25, -0.2) is 0 Å². The first kappa shape index (κ1) is 48.7. The van der Waals surface area contributed by atoms with Crippen LogP contribution in [-0.2, 0) is 33.2 Å². The van der Waals surface area contributed by atoms with E-state index >= 15 is 0 Å². The van der Waals surface area contributed by atoms with Gasteiger partial charge in [-0.2, -0.15) is 0 Å². The van der Waals surface area contributed by atoms with Crippen molar-refractivity contribution in [3.8, 4) is 0 Å². The Hall–Kier alpha value is -1.19. The highest BCUT2D eigenvalue weighted by atomic mass is 16.8. The molecule has 0 aromatic heterocycles. The predicted molar refractivity (Wildman–Crippen MR) is 221 cm³/mol. The molecular formula is C46H76O16. The van der Waals surface area contributed by atoms with E-state index in [1.165, 1.54) is 18.8 Å². The number of allylic oxidation sites excluding steroid dienone is 2. The topological polar surface area (TPSA) is 255 Å². The lowest BCUT2D eigenvalue weighted by atomic mass is 9.35. The van der Waals surface area contributed by atoms with Crippen molar-refractivity contribution in [2.45, 2.75) is 204 Å². The summed E-state index contributed by atoms with van der Waals surface area (Å²) in [4.78, 5) is 13.9. The fourth-order valence-electron chi connectivity index (χ4n) is 14.0. The molecule has 7 rings (SSSR count). The second-order valence-corrected chi connectivity index (χ2v) is 21.5. The highest BCUT2D eigenvalue weighted by molar-refractivity contribution is 5.62. The zero-order valence-corrected chi connectivity index (χ0v) is 37.6. The van der Waals surface area contributed by atoms with E-state index in [-0.39, 0.29) is 54.3 Å². The van der Waals surface area contributed by atoms with Crippen LogP contribution in [0.4, 0.5) is 0 Å². The molecule has 0 radical (unpaired) electrons. The Morgan fingerprint density at radius 2 is 1.35 bits per heavy atom. The summed E-state index contributed by atoms with van der Waals surface area (Å²) in [6.45, 7) is 13.6. The third-order valence-electron chi connectivity index (χ3n) is 17.8. The number of ether oxygens (including phenoxy) is 6. The van der Waals surface area contributed by atoms with E-state index in [4.69, 9.17) is 28.4 Å². The van der Waals surface area contributed by atoms with E-state index in [0.717, 1.165) is 38.5 Å². The molecule has 22 atom stereocenters. The fraction of sp³-hybridized carbons (Fsp3) is 0.935.